The van der Waals surface area contributed by atoms with E-state index in [1.165, 1.54) is 18.1 Å². The first-order valence-electron chi connectivity index (χ1n) is 6.64. The Balaban J connectivity index is 2.23. The average Bonchev–Trinajstić information content (AvgIpc) is 2.38. The third-order valence-electron chi connectivity index (χ3n) is 3.36. The van der Waals surface area contributed by atoms with E-state index < -0.39 is 0 Å². The summed E-state index contributed by atoms with van der Waals surface area (Å²) in [6, 6.07) is 14.0. The van der Waals surface area contributed by atoms with Gasteiger partial charge < -0.3 is 10.6 Å². The first kappa shape index (κ1) is 14.1. The van der Waals surface area contributed by atoms with Gasteiger partial charge in [-0.05, 0) is 37.6 Å². The second kappa shape index (κ2) is 5.78. The zero-order valence-electron chi connectivity index (χ0n) is 12.2. The van der Waals surface area contributed by atoms with E-state index in [1.54, 1.807) is 6.07 Å². The van der Waals surface area contributed by atoms with Gasteiger partial charge >= 0.3 is 0 Å². The minimum atomic E-state index is -0.00620. The molecule has 0 saturated carbocycles. The molecule has 0 aliphatic carbocycles. The van der Waals surface area contributed by atoms with Gasteiger partial charge in [0.2, 0.25) is 0 Å². The smallest absolute Gasteiger partial charge is 0.161 e. The number of ketones is 1. The zero-order valence-corrected chi connectivity index (χ0v) is 12.2. The summed E-state index contributed by atoms with van der Waals surface area (Å²) in [5.74, 6) is -0.00620. The number of hydrogen-bond donors (Lipinski definition) is 1. The number of carbonyl (C=O) groups excluding carboxylic acids is 1. The largest absolute Gasteiger partial charge is 0.398 e. The molecule has 0 aromatic heterocycles. The van der Waals surface area contributed by atoms with Crippen LogP contribution >= 0.6 is 0 Å². The molecule has 0 atom stereocenters. The van der Waals surface area contributed by atoms with Gasteiger partial charge in [-0.25, -0.2) is 0 Å². The lowest BCUT2D eigenvalue weighted by Gasteiger charge is -2.20. The molecule has 2 aromatic carbocycles. The molecule has 0 heterocycles. The van der Waals surface area contributed by atoms with E-state index in [1.807, 2.05) is 19.2 Å². The molecule has 20 heavy (non-hydrogen) atoms. The Bertz CT molecular complexity index is 635. The maximum atomic E-state index is 11.5. The lowest BCUT2D eigenvalue weighted by Crippen LogP contribution is -2.17. The number of nitrogens with zero attached hydrogens (tertiary/aromatic N) is 1. The lowest BCUT2D eigenvalue weighted by molar-refractivity contribution is 0.101. The van der Waals surface area contributed by atoms with Crippen LogP contribution in [-0.2, 0) is 6.54 Å². The minimum Gasteiger partial charge on any atom is -0.398 e. The van der Waals surface area contributed by atoms with Crippen molar-refractivity contribution in [3.63, 3.8) is 0 Å². The fraction of sp³-hybridized carbons (Fsp3) is 0.235. The molecule has 104 valence electrons. The van der Waals surface area contributed by atoms with Crippen LogP contribution in [0, 0.1) is 6.92 Å². The highest BCUT2D eigenvalue weighted by Gasteiger charge is 2.09. The summed E-state index contributed by atoms with van der Waals surface area (Å²) in [5.41, 5.74) is 10.4. The monoisotopic (exact) mass is 268 g/mol. The third-order valence-corrected chi connectivity index (χ3v) is 3.36. The zero-order chi connectivity index (χ0) is 14.7. The summed E-state index contributed by atoms with van der Waals surface area (Å²) < 4.78 is 0. The first-order chi connectivity index (χ1) is 9.47. The molecule has 0 radical (unpaired) electrons. The van der Waals surface area contributed by atoms with E-state index in [-0.39, 0.29) is 5.78 Å². The maximum absolute atomic E-state index is 11.5. The Morgan fingerprint density at radius 2 is 1.95 bits per heavy atom. The quantitative estimate of drug-likeness (QED) is 0.682. The van der Waals surface area contributed by atoms with Crippen LogP contribution in [0.5, 0.6) is 0 Å². The molecule has 2 rings (SSSR count). The summed E-state index contributed by atoms with van der Waals surface area (Å²) in [6.07, 6.45) is 0. The van der Waals surface area contributed by atoms with Crippen LogP contribution in [0.25, 0.3) is 0 Å². The molecule has 0 saturated heterocycles. The van der Waals surface area contributed by atoms with Crippen LogP contribution in [0.3, 0.4) is 0 Å². The van der Waals surface area contributed by atoms with E-state index in [4.69, 9.17) is 5.73 Å². The standard InChI is InChI=1S/C17H20N2O/c1-12-5-4-6-14(9-12)11-19(3)15-7-8-17(18)16(10-15)13(2)20/h4-10H,11,18H2,1-3H3. The van der Waals surface area contributed by atoms with Gasteiger partial charge in [0, 0.05) is 30.5 Å². The van der Waals surface area contributed by atoms with E-state index in [2.05, 4.69) is 36.1 Å². The molecule has 0 spiro atoms. The van der Waals surface area contributed by atoms with Crippen molar-refractivity contribution in [1.29, 1.82) is 0 Å². The van der Waals surface area contributed by atoms with Crippen molar-refractivity contribution in [1.82, 2.24) is 0 Å². The Labute approximate surface area is 120 Å². The molecule has 0 fully saturated rings. The van der Waals surface area contributed by atoms with Gasteiger partial charge in [-0.2, -0.15) is 0 Å². The summed E-state index contributed by atoms with van der Waals surface area (Å²) in [6.45, 7) is 4.42. The second-order valence-corrected chi connectivity index (χ2v) is 5.17. The van der Waals surface area contributed by atoms with Gasteiger partial charge in [-0.15, -0.1) is 0 Å². The van der Waals surface area contributed by atoms with Crippen molar-refractivity contribution >= 4 is 17.2 Å². The van der Waals surface area contributed by atoms with E-state index in [0.29, 0.717) is 11.3 Å². The molecule has 0 unspecified atom stereocenters. The maximum Gasteiger partial charge on any atom is 0.161 e. The predicted octanol–water partition coefficient (Wildman–Crippen LogP) is 3.42. The van der Waals surface area contributed by atoms with Gasteiger partial charge in [-0.1, -0.05) is 29.8 Å². The Kier molecular flexibility index (Phi) is 4.08. The van der Waals surface area contributed by atoms with E-state index in [9.17, 15) is 4.79 Å². The van der Waals surface area contributed by atoms with Gasteiger partial charge in [-0.3, -0.25) is 4.79 Å². The summed E-state index contributed by atoms with van der Waals surface area (Å²) >= 11 is 0. The van der Waals surface area contributed by atoms with Crippen LogP contribution < -0.4 is 10.6 Å². The normalized spacial score (nSPS) is 10.3. The van der Waals surface area contributed by atoms with Crippen LogP contribution in [0.4, 0.5) is 11.4 Å². The summed E-state index contributed by atoms with van der Waals surface area (Å²) in [7, 11) is 2.01. The molecule has 0 aliphatic heterocycles. The number of carbonyl (C=O) groups is 1. The number of rotatable bonds is 4. The number of anilines is 2. The first-order valence-corrected chi connectivity index (χ1v) is 6.64. The number of benzene rings is 2. The summed E-state index contributed by atoms with van der Waals surface area (Å²) in [4.78, 5) is 13.7. The molecule has 0 amide bonds. The molecule has 0 bridgehead atoms. The van der Waals surface area contributed by atoms with Crippen LogP contribution in [0.2, 0.25) is 0 Å². The number of nitrogens with two attached hydrogens (primary N) is 1. The summed E-state index contributed by atoms with van der Waals surface area (Å²) in [5, 5.41) is 0. The molecular formula is C17H20N2O. The molecule has 0 aliphatic rings. The topological polar surface area (TPSA) is 46.3 Å². The molecule has 3 heteroatoms. The number of hydrogen-bond acceptors (Lipinski definition) is 3. The molecule has 3 nitrogen and oxygen atoms in total. The fourth-order valence-electron chi connectivity index (χ4n) is 2.26. The van der Waals surface area contributed by atoms with E-state index in [0.717, 1.165) is 12.2 Å². The SMILES string of the molecule is CC(=O)c1cc(N(C)Cc2cccc(C)c2)ccc1N. The van der Waals surface area contributed by atoms with Crippen molar-refractivity contribution in [3.05, 3.63) is 59.2 Å². The van der Waals surface area contributed by atoms with Gasteiger partial charge in [0.1, 0.15) is 0 Å². The van der Waals surface area contributed by atoms with Crippen LogP contribution in [-0.4, -0.2) is 12.8 Å². The highest BCUT2D eigenvalue weighted by atomic mass is 16.1. The Morgan fingerprint density at radius 1 is 1.20 bits per heavy atom. The van der Waals surface area contributed by atoms with Crippen molar-refractivity contribution in [2.24, 2.45) is 0 Å². The predicted molar refractivity (Wildman–Crippen MR) is 84.1 cm³/mol. The fourth-order valence-corrected chi connectivity index (χ4v) is 2.26. The van der Waals surface area contributed by atoms with Gasteiger partial charge in [0.25, 0.3) is 0 Å². The van der Waals surface area contributed by atoms with Crippen LogP contribution in [0.15, 0.2) is 42.5 Å². The van der Waals surface area contributed by atoms with Gasteiger partial charge in [0.15, 0.2) is 5.78 Å². The Morgan fingerprint density at radius 3 is 2.60 bits per heavy atom. The van der Waals surface area contributed by atoms with Crippen molar-refractivity contribution in [2.75, 3.05) is 17.7 Å². The van der Waals surface area contributed by atoms with Crippen molar-refractivity contribution < 1.29 is 4.79 Å². The Hall–Kier alpha value is -2.29. The van der Waals surface area contributed by atoms with E-state index >= 15 is 0 Å². The third kappa shape index (κ3) is 3.18. The highest BCUT2D eigenvalue weighted by Crippen LogP contribution is 2.22. The molecule has 2 aromatic rings. The minimum absolute atomic E-state index is 0.00620. The average molecular weight is 268 g/mol. The highest BCUT2D eigenvalue weighted by molar-refractivity contribution is 6.00. The van der Waals surface area contributed by atoms with Crippen LogP contribution in [0.1, 0.15) is 28.4 Å². The van der Waals surface area contributed by atoms with Crippen molar-refractivity contribution in [2.45, 2.75) is 20.4 Å². The second-order valence-electron chi connectivity index (χ2n) is 5.17. The number of Topliss-reactive ketones (excluding diaryl/α,β-unsaturated/α-hetero) is 1. The number of nitrogen functional groups attached to an aromatic ring is 1. The van der Waals surface area contributed by atoms with Crippen molar-refractivity contribution in [3.8, 4) is 0 Å². The molecule has 2 N–H and O–H groups in total. The molecular weight excluding hydrogens is 248 g/mol. The lowest BCUT2D eigenvalue weighted by atomic mass is 10.1. The number of aryl methyl sites for hydroxylation is 1. The van der Waals surface area contributed by atoms with Gasteiger partial charge in [0.05, 0.1) is 0 Å².